The maximum atomic E-state index is 10.5. The van der Waals surface area contributed by atoms with Crippen LogP contribution in [0.1, 0.15) is 6.92 Å². The van der Waals surface area contributed by atoms with Gasteiger partial charge in [-0.25, -0.2) is 14.9 Å². The summed E-state index contributed by atoms with van der Waals surface area (Å²) in [7, 11) is 0. The Hall–Kier alpha value is -0.850. The highest BCUT2D eigenvalue weighted by Gasteiger charge is 2.43. The molecule has 6 heteroatoms. The summed E-state index contributed by atoms with van der Waals surface area (Å²) >= 11 is 0. The molecule has 0 spiro atoms. The largest absolute Gasteiger partial charge is 0.369 e. The second-order valence-corrected chi connectivity index (χ2v) is 2.20. The molecule has 0 radical (unpaired) electrons. The molecule has 0 bridgehead atoms. The fraction of sp³-hybridized carbons (Fsp3) is 0.750. The lowest BCUT2D eigenvalue weighted by Crippen LogP contribution is -2.48. The molecular weight excluding hydrogens is 140 g/mol. The Morgan fingerprint density at radius 3 is 2.60 bits per heavy atom. The molecule has 1 fully saturated rings. The summed E-state index contributed by atoms with van der Waals surface area (Å²) in [6.07, 6.45) is -1.23. The van der Waals surface area contributed by atoms with Crippen molar-refractivity contribution < 1.29 is 20.0 Å². The summed E-state index contributed by atoms with van der Waals surface area (Å²) in [6, 6.07) is -0.580. The van der Waals surface area contributed by atoms with E-state index in [4.69, 9.17) is 10.4 Å². The van der Waals surface area contributed by atoms with Crippen LogP contribution in [0.15, 0.2) is 0 Å². The summed E-state index contributed by atoms with van der Waals surface area (Å²) < 4.78 is 0. The summed E-state index contributed by atoms with van der Waals surface area (Å²) in [4.78, 5) is 14.3. The molecule has 2 atom stereocenters. The minimum absolute atomic E-state index is 0.580. The molecule has 1 aliphatic rings. The van der Waals surface area contributed by atoms with Crippen LogP contribution in [0.2, 0.25) is 0 Å². The lowest BCUT2D eigenvalue weighted by Gasteiger charge is -2.21. The first-order chi connectivity index (χ1) is 4.58. The van der Waals surface area contributed by atoms with E-state index in [1.165, 1.54) is 6.92 Å². The van der Waals surface area contributed by atoms with Crippen LogP contribution in [0.25, 0.3) is 0 Å². The molecule has 0 aromatic carbocycles. The van der Waals surface area contributed by atoms with Crippen molar-refractivity contribution in [3.63, 3.8) is 0 Å². The van der Waals surface area contributed by atoms with Crippen molar-refractivity contribution in [2.75, 3.05) is 0 Å². The molecule has 4 N–H and O–H groups in total. The van der Waals surface area contributed by atoms with Crippen LogP contribution in [0.5, 0.6) is 0 Å². The SMILES string of the molecule is C[C@@]1(OO)NC(=O)N[C@H]1O. The number of urea groups is 1. The topological polar surface area (TPSA) is 90.8 Å². The molecule has 0 aliphatic carbocycles. The molecule has 1 saturated heterocycles. The van der Waals surface area contributed by atoms with Crippen molar-refractivity contribution >= 4 is 6.03 Å². The van der Waals surface area contributed by atoms with Crippen molar-refractivity contribution in [2.45, 2.75) is 18.9 Å². The summed E-state index contributed by atoms with van der Waals surface area (Å²) in [6.45, 7) is 1.33. The molecule has 6 nitrogen and oxygen atoms in total. The van der Waals surface area contributed by atoms with Gasteiger partial charge in [-0.1, -0.05) is 0 Å². The van der Waals surface area contributed by atoms with E-state index in [-0.39, 0.29) is 0 Å². The molecule has 0 saturated carbocycles. The van der Waals surface area contributed by atoms with Crippen molar-refractivity contribution in [2.24, 2.45) is 0 Å². The smallest absolute Gasteiger partial charge is 0.319 e. The zero-order chi connectivity index (χ0) is 7.78. The van der Waals surface area contributed by atoms with Crippen molar-refractivity contribution in [1.29, 1.82) is 0 Å². The van der Waals surface area contributed by atoms with Gasteiger partial charge in [0.2, 0.25) is 5.72 Å². The molecule has 2 amide bonds. The molecule has 1 aliphatic heterocycles. The maximum Gasteiger partial charge on any atom is 0.319 e. The first kappa shape index (κ1) is 7.26. The van der Waals surface area contributed by atoms with E-state index in [1.54, 1.807) is 0 Å². The van der Waals surface area contributed by atoms with E-state index in [2.05, 4.69) is 15.5 Å². The van der Waals surface area contributed by atoms with Crippen LogP contribution in [0, 0.1) is 0 Å². The monoisotopic (exact) mass is 148 g/mol. The highest BCUT2D eigenvalue weighted by molar-refractivity contribution is 5.77. The Morgan fingerprint density at radius 1 is 1.80 bits per heavy atom. The van der Waals surface area contributed by atoms with E-state index in [9.17, 15) is 4.79 Å². The summed E-state index contributed by atoms with van der Waals surface area (Å²) in [5.74, 6) is 0. The van der Waals surface area contributed by atoms with E-state index < -0.39 is 18.0 Å². The highest BCUT2D eigenvalue weighted by Crippen LogP contribution is 2.12. The van der Waals surface area contributed by atoms with Crippen LogP contribution < -0.4 is 10.6 Å². The van der Waals surface area contributed by atoms with Crippen LogP contribution in [-0.4, -0.2) is 28.3 Å². The van der Waals surface area contributed by atoms with Crippen molar-refractivity contribution in [3.05, 3.63) is 0 Å². The second kappa shape index (κ2) is 2.08. The van der Waals surface area contributed by atoms with E-state index >= 15 is 0 Å². The molecule has 0 aromatic rings. The highest BCUT2D eigenvalue weighted by atomic mass is 17.1. The van der Waals surface area contributed by atoms with Crippen molar-refractivity contribution in [1.82, 2.24) is 10.6 Å². The van der Waals surface area contributed by atoms with E-state index in [0.29, 0.717) is 0 Å². The number of amides is 2. The van der Waals surface area contributed by atoms with Gasteiger partial charge in [0.05, 0.1) is 0 Å². The van der Waals surface area contributed by atoms with Crippen LogP contribution >= 0.6 is 0 Å². The number of hydrogen-bond acceptors (Lipinski definition) is 4. The molecule has 1 rings (SSSR count). The zero-order valence-electron chi connectivity index (χ0n) is 5.29. The first-order valence-electron chi connectivity index (χ1n) is 2.68. The number of carbonyl (C=O) groups is 1. The third-order valence-corrected chi connectivity index (χ3v) is 1.34. The fourth-order valence-corrected chi connectivity index (χ4v) is 0.665. The molecular formula is C4H8N2O4. The average Bonchev–Trinajstić information content (AvgIpc) is 2.09. The number of aliphatic hydroxyl groups is 1. The molecule has 10 heavy (non-hydrogen) atoms. The first-order valence-corrected chi connectivity index (χ1v) is 2.68. The third-order valence-electron chi connectivity index (χ3n) is 1.34. The Labute approximate surface area is 56.7 Å². The minimum atomic E-state index is -1.43. The van der Waals surface area contributed by atoms with Crippen molar-refractivity contribution in [3.8, 4) is 0 Å². The van der Waals surface area contributed by atoms with Gasteiger partial charge in [0.25, 0.3) is 0 Å². The summed E-state index contributed by atoms with van der Waals surface area (Å²) in [5, 5.41) is 21.4. The minimum Gasteiger partial charge on any atom is -0.369 e. The van der Waals surface area contributed by atoms with Gasteiger partial charge in [0.15, 0.2) is 6.23 Å². The number of rotatable bonds is 1. The molecule has 0 aromatic heterocycles. The van der Waals surface area contributed by atoms with Gasteiger partial charge >= 0.3 is 6.03 Å². The Balaban J connectivity index is 2.70. The van der Waals surface area contributed by atoms with Gasteiger partial charge in [0, 0.05) is 0 Å². The van der Waals surface area contributed by atoms with Gasteiger partial charge in [-0.05, 0) is 6.92 Å². The van der Waals surface area contributed by atoms with Gasteiger partial charge < -0.3 is 15.7 Å². The maximum absolute atomic E-state index is 10.5. The third kappa shape index (κ3) is 0.919. The predicted molar refractivity (Wildman–Crippen MR) is 29.8 cm³/mol. The second-order valence-electron chi connectivity index (χ2n) is 2.20. The lowest BCUT2D eigenvalue weighted by molar-refractivity contribution is -0.340. The van der Waals surface area contributed by atoms with E-state index in [0.717, 1.165) is 0 Å². The predicted octanol–water partition coefficient (Wildman–Crippen LogP) is -1.18. The van der Waals surface area contributed by atoms with Gasteiger partial charge in [0.1, 0.15) is 0 Å². The number of carbonyl (C=O) groups excluding carboxylic acids is 1. The Kier molecular flexibility index (Phi) is 1.51. The number of aliphatic hydroxyl groups excluding tert-OH is 1. The zero-order valence-corrected chi connectivity index (χ0v) is 5.29. The fourth-order valence-electron chi connectivity index (χ4n) is 0.665. The summed E-state index contributed by atoms with van der Waals surface area (Å²) in [5.41, 5.74) is -1.43. The van der Waals surface area contributed by atoms with Crippen LogP contribution in [0.3, 0.4) is 0 Å². The average molecular weight is 148 g/mol. The lowest BCUT2D eigenvalue weighted by atomic mass is 10.2. The van der Waals surface area contributed by atoms with Gasteiger partial charge in [-0.3, -0.25) is 0 Å². The van der Waals surface area contributed by atoms with Crippen LogP contribution in [0.4, 0.5) is 4.79 Å². The number of nitrogens with one attached hydrogen (secondary N) is 2. The number of hydrogen-bond donors (Lipinski definition) is 4. The molecule has 58 valence electrons. The molecule has 0 unspecified atom stereocenters. The van der Waals surface area contributed by atoms with Gasteiger partial charge in [-0.15, -0.1) is 0 Å². The van der Waals surface area contributed by atoms with Crippen LogP contribution in [-0.2, 0) is 4.89 Å². The quantitative estimate of drug-likeness (QED) is 0.278. The Morgan fingerprint density at radius 2 is 2.40 bits per heavy atom. The van der Waals surface area contributed by atoms with E-state index in [1.807, 2.05) is 0 Å². The molecule has 1 heterocycles. The normalized spacial score (nSPS) is 39.1. The van der Waals surface area contributed by atoms with Gasteiger partial charge in [-0.2, -0.15) is 0 Å². The standard InChI is InChI=1S/C4H8N2O4/c1-4(10-9)2(7)5-3(8)6-4/h2,7,9H,1H3,(H2,5,6,8)/t2-,4-/m0/s1. The Bertz CT molecular complexity index is 161.